The van der Waals surface area contributed by atoms with Crippen LogP contribution in [-0.4, -0.2) is 51.0 Å². The number of fused-ring (bicyclic) bond motifs is 1. The number of nitrogens with zero attached hydrogens (tertiary/aromatic N) is 1. The molecule has 148 valence electrons. The van der Waals surface area contributed by atoms with Crippen LogP contribution in [0.4, 0.5) is 10.1 Å². The van der Waals surface area contributed by atoms with Gasteiger partial charge < -0.3 is 19.5 Å². The number of carbonyl (C=O) groups is 1. The maximum Gasteiger partial charge on any atom is 0.250 e. The Bertz CT molecular complexity index is 914. The van der Waals surface area contributed by atoms with Crippen molar-refractivity contribution in [3.63, 3.8) is 0 Å². The number of carbonyl (C=O) groups excluding carboxylic acids is 1. The lowest BCUT2D eigenvalue weighted by atomic mass is 10.2. The third kappa shape index (κ3) is 5.80. The van der Waals surface area contributed by atoms with Gasteiger partial charge in [-0.1, -0.05) is 0 Å². The summed E-state index contributed by atoms with van der Waals surface area (Å²) in [5.41, 5.74) is 2.34. The first kappa shape index (κ1) is 20.3. The van der Waals surface area contributed by atoms with Crippen molar-refractivity contribution in [3.8, 4) is 10.6 Å². The fraction of sp³-hybridized carbons (Fsp3) is 0.300. The Morgan fingerprint density at radius 3 is 2.61 bits per heavy atom. The van der Waals surface area contributed by atoms with E-state index in [1.54, 1.807) is 25.3 Å². The van der Waals surface area contributed by atoms with E-state index in [0.29, 0.717) is 32.1 Å². The molecule has 6 nitrogen and oxygen atoms in total. The molecule has 1 amide bonds. The number of rotatable bonds is 10. The van der Waals surface area contributed by atoms with Gasteiger partial charge in [-0.15, -0.1) is 11.3 Å². The van der Waals surface area contributed by atoms with Gasteiger partial charge in [-0.2, -0.15) is 0 Å². The van der Waals surface area contributed by atoms with Crippen LogP contribution in [0.5, 0.6) is 0 Å². The molecule has 2 aromatic carbocycles. The van der Waals surface area contributed by atoms with Crippen molar-refractivity contribution in [1.82, 2.24) is 4.98 Å². The van der Waals surface area contributed by atoms with Crippen LogP contribution in [-0.2, 0) is 19.0 Å². The second kappa shape index (κ2) is 10.2. The van der Waals surface area contributed by atoms with Crippen molar-refractivity contribution in [2.75, 3.05) is 45.5 Å². The first-order valence-electron chi connectivity index (χ1n) is 8.76. The van der Waals surface area contributed by atoms with E-state index in [1.807, 2.05) is 12.1 Å². The summed E-state index contributed by atoms with van der Waals surface area (Å²) in [6.45, 7) is 1.75. The number of anilines is 1. The Morgan fingerprint density at radius 2 is 1.82 bits per heavy atom. The fourth-order valence-corrected chi connectivity index (χ4v) is 3.44. The van der Waals surface area contributed by atoms with Crippen molar-refractivity contribution in [2.45, 2.75) is 0 Å². The first-order chi connectivity index (χ1) is 13.7. The molecule has 3 aromatic rings. The third-order valence-corrected chi connectivity index (χ3v) is 4.87. The molecule has 28 heavy (non-hydrogen) atoms. The Hall–Kier alpha value is -2.39. The van der Waals surface area contributed by atoms with Gasteiger partial charge in [0.2, 0.25) is 5.91 Å². The van der Waals surface area contributed by atoms with Gasteiger partial charge in [-0.3, -0.25) is 4.79 Å². The topological polar surface area (TPSA) is 69.7 Å². The lowest BCUT2D eigenvalue weighted by Gasteiger charge is -2.07. The van der Waals surface area contributed by atoms with E-state index >= 15 is 0 Å². The maximum absolute atomic E-state index is 13.3. The van der Waals surface area contributed by atoms with Gasteiger partial charge in [0.05, 0.1) is 36.6 Å². The van der Waals surface area contributed by atoms with Crippen LogP contribution in [0.15, 0.2) is 42.5 Å². The van der Waals surface area contributed by atoms with Gasteiger partial charge >= 0.3 is 0 Å². The van der Waals surface area contributed by atoms with E-state index in [1.165, 1.54) is 23.5 Å². The number of aromatic nitrogens is 1. The molecule has 1 N–H and O–H groups in total. The van der Waals surface area contributed by atoms with Gasteiger partial charge in [-0.25, -0.2) is 9.37 Å². The molecule has 0 aliphatic heterocycles. The lowest BCUT2D eigenvalue weighted by molar-refractivity contribution is -0.121. The van der Waals surface area contributed by atoms with E-state index < -0.39 is 0 Å². The zero-order valence-electron chi connectivity index (χ0n) is 15.4. The largest absolute Gasteiger partial charge is 0.382 e. The van der Waals surface area contributed by atoms with E-state index in [9.17, 15) is 9.18 Å². The van der Waals surface area contributed by atoms with Gasteiger partial charge in [-0.05, 0) is 42.5 Å². The Morgan fingerprint density at radius 1 is 1.07 bits per heavy atom. The minimum atomic E-state index is -0.274. The number of hydrogen-bond acceptors (Lipinski definition) is 6. The van der Waals surface area contributed by atoms with Crippen LogP contribution >= 0.6 is 11.3 Å². The highest BCUT2D eigenvalue weighted by atomic mass is 32.1. The molecule has 0 unspecified atom stereocenters. The first-order valence-corrected chi connectivity index (χ1v) is 9.58. The van der Waals surface area contributed by atoms with Crippen molar-refractivity contribution in [1.29, 1.82) is 0 Å². The summed E-state index contributed by atoms with van der Waals surface area (Å²) in [7, 11) is 1.61. The van der Waals surface area contributed by atoms with E-state index in [2.05, 4.69) is 10.3 Å². The number of amides is 1. The molecular formula is C20H21FN2O4S. The summed E-state index contributed by atoms with van der Waals surface area (Å²) in [6, 6.07) is 11.9. The second-order valence-corrected chi connectivity index (χ2v) is 6.94. The maximum atomic E-state index is 13.3. The van der Waals surface area contributed by atoms with Crippen molar-refractivity contribution in [2.24, 2.45) is 0 Å². The molecule has 1 heterocycles. The molecule has 0 aliphatic carbocycles. The Labute approximate surface area is 166 Å². The number of halogens is 1. The van der Waals surface area contributed by atoms with E-state index in [4.69, 9.17) is 14.2 Å². The normalized spacial score (nSPS) is 11.1. The molecule has 0 spiro atoms. The predicted octanol–water partition coefficient (Wildman–Crippen LogP) is 3.72. The zero-order chi connectivity index (χ0) is 19.8. The molecule has 3 rings (SSSR count). The summed E-state index contributed by atoms with van der Waals surface area (Å²) < 4.78 is 29.5. The van der Waals surface area contributed by atoms with Gasteiger partial charge in [0, 0.05) is 18.4 Å². The molecule has 0 atom stereocenters. The quantitative estimate of drug-likeness (QED) is 0.522. The summed E-state index contributed by atoms with van der Waals surface area (Å²) in [4.78, 5) is 16.4. The van der Waals surface area contributed by atoms with Crippen LogP contribution in [0.1, 0.15) is 0 Å². The van der Waals surface area contributed by atoms with E-state index in [-0.39, 0.29) is 18.3 Å². The minimum Gasteiger partial charge on any atom is -0.382 e. The number of methoxy groups -OCH3 is 1. The molecule has 1 aromatic heterocycles. The number of thiazole rings is 1. The molecular weight excluding hydrogens is 383 g/mol. The lowest BCUT2D eigenvalue weighted by Crippen LogP contribution is -2.20. The SMILES string of the molecule is COCCOCCOCC(=O)Nc1ccc(-c2nc3ccc(F)cc3s2)cc1. The number of nitrogens with one attached hydrogen (secondary N) is 1. The molecule has 0 radical (unpaired) electrons. The molecule has 0 fully saturated rings. The number of hydrogen-bond donors (Lipinski definition) is 1. The minimum absolute atomic E-state index is 0.0428. The van der Waals surface area contributed by atoms with Crippen molar-refractivity contribution < 1.29 is 23.4 Å². The standard InChI is InChI=1S/C20H21FN2O4S/c1-25-8-9-26-10-11-27-13-19(24)22-16-5-2-14(3-6-16)20-23-17-7-4-15(21)12-18(17)28-20/h2-7,12H,8-11,13H2,1H3,(H,22,24). The highest BCUT2D eigenvalue weighted by molar-refractivity contribution is 7.21. The second-order valence-electron chi connectivity index (χ2n) is 5.91. The van der Waals surface area contributed by atoms with Gasteiger partial charge in [0.1, 0.15) is 17.4 Å². The summed E-state index contributed by atoms with van der Waals surface area (Å²) in [6.07, 6.45) is 0. The highest BCUT2D eigenvalue weighted by Gasteiger charge is 2.08. The van der Waals surface area contributed by atoms with Crippen LogP contribution < -0.4 is 5.32 Å². The molecule has 0 aliphatic rings. The van der Waals surface area contributed by atoms with Gasteiger partial charge in [0.25, 0.3) is 0 Å². The summed E-state index contributed by atoms with van der Waals surface area (Å²) >= 11 is 1.43. The van der Waals surface area contributed by atoms with Crippen molar-refractivity contribution >= 4 is 33.1 Å². The van der Waals surface area contributed by atoms with Crippen molar-refractivity contribution in [3.05, 3.63) is 48.3 Å². The average Bonchev–Trinajstić information content (AvgIpc) is 3.11. The molecule has 0 saturated carbocycles. The Kier molecular flexibility index (Phi) is 7.44. The van der Waals surface area contributed by atoms with Crippen LogP contribution in [0.25, 0.3) is 20.8 Å². The van der Waals surface area contributed by atoms with Crippen LogP contribution in [0.2, 0.25) is 0 Å². The fourth-order valence-electron chi connectivity index (χ4n) is 2.44. The smallest absolute Gasteiger partial charge is 0.250 e. The number of ether oxygens (including phenoxy) is 3. The molecule has 0 bridgehead atoms. The zero-order valence-corrected chi connectivity index (χ0v) is 16.3. The predicted molar refractivity (Wildman–Crippen MR) is 107 cm³/mol. The monoisotopic (exact) mass is 404 g/mol. The van der Waals surface area contributed by atoms with Gasteiger partial charge in [0.15, 0.2) is 0 Å². The van der Waals surface area contributed by atoms with Crippen LogP contribution in [0.3, 0.4) is 0 Å². The van der Waals surface area contributed by atoms with E-state index in [0.717, 1.165) is 20.8 Å². The average molecular weight is 404 g/mol. The highest BCUT2D eigenvalue weighted by Crippen LogP contribution is 2.31. The Balaban J connectivity index is 1.48. The third-order valence-electron chi connectivity index (χ3n) is 3.80. The number of benzene rings is 2. The van der Waals surface area contributed by atoms with Crippen LogP contribution in [0, 0.1) is 5.82 Å². The molecule has 8 heteroatoms. The summed E-state index contributed by atoms with van der Waals surface area (Å²) in [5.74, 6) is -0.510. The molecule has 0 saturated heterocycles. The summed E-state index contributed by atoms with van der Waals surface area (Å²) in [5, 5.41) is 3.58.